The maximum absolute atomic E-state index is 13.5. The fraction of sp³-hybridized carbons (Fsp3) is 0. The van der Waals surface area contributed by atoms with Crippen molar-refractivity contribution >= 4 is 46.1 Å². The molecule has 0 atom stereocenters. The average Bonchev–Trinajstić information content (AvgIpc) is 2.72. The van der Waals surface area contributed by atoms with Crippen LogP contribution in [0.3, 0.4) is 0 Å². The standard InChI is InChI=1S/C11H6Cl2FNOS/c12-6-2-1-3-7(10(6)14)15-11(16)8-4-5-9(13)17-8/h1-5H,(H,15,16). The Kier molecular flexibility index (Phi) is 3.66. The summed E-state index contributed by atoms with van der Waals surface area (Å²) in [5, 5.41) is 2.40. The molecule has 6 heteroatoms. The van der Waals surface area contributed by atoms with Gasteiger partial charge in [-0.2, -0.15) is 0 Å². The van der Waals surface area contributed by atoms with Gasteiger partial charge in [0, 0.05) is 0 Å². The first-order chi connectivity index (χ1) is 8.08. The molecule has 2 rings (SSSR count). The lowest BCUT2D eigenvalue weighted by atomic mass is 10.3. The zero-order valence-corrected chi connectivity index (χ0v) is 10.7. The summed E-state index contributed by atoms with van der Waals surface area (Å²) < 4.78 is 14.0. The summed E-state index contributed by atoms with van der Waals surface area (Å²) in [4.78, 5) is 12.1. The Balaban J connectivity index is 2.21. The Morgan fingerprint density at radius 3 is 2.65 bits per heavy atom. The molecule has 1 aromatic carbocycles. The predicted molar refractivity (Wildman–Crippen MR) is 68.7 cm³/mol. The molecule has 0 aliphatic carbocycles. The molecule has 0 fully saturated rings. The van der Waals surface area contributed by atoms with Crippen molar-refractivity contribution in [1.82, 2.24) is 0 Å². The number of halogens is 3. The van der Waals surface area contributed by atoms with E-state index in [2.05, 4.69) is 5.32 Å². The van der Waals surface area contributed by atoms with Gasteiger partial charge in [0.15, 0.2) is 5.82 Å². The highest BCUT2D eigenvalue weighted by Crippen LogP contribution is 2.25. The van der Waals surface area contributed by atoms with E-state index in [0.717, 1.165) is 11.3 Å². The number of thiophene rings is 1. The van der Waals surface area contributed by atoms with Gasteiger partial charge in [-0.05, 0) is 24.3 Å². The molecule has 1 heterocycles. The summed E-state index contributed by atoms with van der Waals surface area (Å²) in [5.41, 5.74) is 0.0482. The lowest BCUT2D eigenvalue weighted by Crippen LogP contribution is -2.11. The minimum absolute atomic E-state index is 0.0352. The van der Waals surface area contributed by atoms with Crippen LogP contribution in [0.5, 0.6) is 0 Å². The molecule has 0 saturated heterocycles. The van der Waals surface area contributed by atoms with Gasteiger partial charge in [0.25, 0.3) is 5.91 Å². The van der Waals surface area contributed by atoms with Gasteiger partial charge in [0.2, 0.25) is 0 Å². The third-order valence-corrected chi connectivity index (χ3v) is 3.52. The smallest absolute Gasteiger partial charge is 0.265 e. The quantitative estimate of drug-likeness (QED) is 0.870. The summed E-state index contributed by atoms with van der Waals surface area (Å²) >= 11 is 12.4. The summed E-state index contributed by atoms with van der Waals surface area (Å²) in [5.74, 6) is -1.06. The van der Waals surface area contributed by atoms with E-state index >= 15 is 0 Å². The SMILES string of the molecule is O=C(Nc1cccc(Cl)c1F)c1ccc(Cl)s1. The Hall–Kier alpha value is -1.10. The van der Waals surface area contributed by atoms with Crippen LogP contribution in [0, 0.1) is 5.82 Å². The Bertz CT molecular complexity index is 570. The highest BCUT2D eigenvalue weighted by molar-refractivity contribution is 7.18. The van der Waals surface area contributed by atoms with Crippen molar-refractivity contribution < 1.29 is 9.18 Å². The van der Waals surface area contributed by atoms with Crippen LogP contribution in [0.1, 0.15) is 9.67 Å². The molecule has 0 aliphatic rings. The van der Waals surface area contributed by atoms with E-state index in [-0.39, 0.29) is 10.7 Å². The van der Waals surface area contributed by atoms with Gasteiger partial charge in [0.05, 0.1) is 19.9 Å². The fourth-order valence-corrected chi connectivity index (χ4v) is 2.33. The highest BCUT2D eigenvalue weighted by Gasteiger charge is 2.12. The minimum atomic E-state index is -0.648. The maximum Gasteiger partial charge on any atom is 0.265 e. The van der Waals surface area contributed by atoms with Crippen LogP contribution in [-0.4, -0.2) is 5.91 Å². The molecule has 0 unspecified atom stereocenters. The van der Waals surface area contributed by atoms with Crippen molar-refractivity contribution in [1.29, 1.82) is 0 Å². The minimum Gasteiger partial charge on any atom is -0.319 e. The first-order valence-corrected chi connectivity index (χ1v) is 6.16. The summed E-state index contributed by atoms with van der Waals surface area (Å²) in [6.45, 7) is 0. The van der Waals surface area contributed by atoms with Crippen LogP contribution in [0.2, 0.25) is 9.36 Å². The number of hydrogen-bond acceptors (Lipinski definition) is 2. The molecule has 2 aromatic rings. The number of carbonyl (C=O) groups excluding carboxylic acids is 1. The van der Waals surface area contributed by atoms with E-state index in [9.17, 15) is 9.18 Å². The molecule has 1 N–H and O–H groups in total. The van der Waals surface area contributed by atoms with Gasteiger partial charge >= 0.3 is 0 Å². The van der Waals surface area contributed by atoms with Crippen LogP contribution in [0.4, 0.5) is 10.1 Å². The summed E-state index contributed by atoms with van der Waals surface area (Å²) in [6, 6.07) is 7.59. The average molecular weight is 290 g/mol. The topological polar surface area (TPSA) is 29.1 Å². The van der Waals surface area contributed by atoms with Gasteiger partial charge in [-0.1, -0.05) is 29.3 Å². The van der Waals surface area contributed by atoms with Crippen molar-refractivity contribution in [3.63, 3.8) is 0 Å². The van der Waals surface area contributed by atoms with E-state index in [1.165, 1.54) is 12.1 Å². The van der Waals surface area contributed by atoms with E-state index in [4.69, 9.17) is 23.2 Å². The van der Waals surface area contributed by atoms with Crippen molar-refractivity contribution in [3.8, 4) is 0 Å². The lowest BCUT2D eigenvalue weighted by Gasteiger charge is -2.05. The summed E-state index contributed by atoms with van der Waals surface area (Å²) in [6.07, 6.45) is 0. The number of anilines is 1. The van der Waals surface area contributed by atoms with Crippen LogP contribution < -0.4 is 5.32 Å². The Morgan fingerprint density at radius 1 is 1.24 bits per heavy atom. The fourth-order valence-electron chi connectivity index (χ4n) is 1.22. The molecule has 0 aliphatic heterocycles. The number of carbonyl (C=O) groups is 1. The van der Waals surface area contributed by atoms with E-state index in [1.807, 2.05) is 0 Å². The first-order valence-electron chi connectivity index (χ1n) is 4.58. The van der Waals surface area contributed by atoms with Crippen LogP contribution in [0.15, 0.2) is 30.3 Å². The second-order valence-corrected chi connectivity index (χ2v) is 5.28. The van der Waals surface area contributed by atoms with Gasteiger partial charge < -0.3 is 5.32 Å². The number of rotatable bonds is 2. The van der Waals surface area contributed by atoms with E-state index < -0.39 is 11.7 Å². The van der Waals surface area contributed by atoms with Crippen molar-refractivity contribution in [2.45, 2.75) is 0 Å². The molecule has 1 aromatic heterocycles. The predicted octanol–water partition coefficient (Wildman–Crippen LogP) is 4.45. The van der Waals surface area contributed by atoms with Crippen molar-refractivity contribution in [2.75, 3.05) is 5.32 Å². The molecule has 88 valence electrons. The molecule has 0 bridgehead atoms. The van der Waals surface area contributed by atoms with Crippen molar-refractivity contribution in [2.24, 2.45) is 0 Å². The maximum atomic E-state index is 13.5. The zero-order chi connectivity index (χ0) is 12.4. The summed E-state index contributed by atoms with van der Waals surface area (Å²) in [7, 11) is 0. The monoisotopic (exact) mass is 289 g/mol. The van der Waals surface area contributed by atoms with E-state index in [1.54, 1.807) is 18.2 Å². The second kappa shape index (κ2) is 5.04. The number of benzene rings is 1. The largest absolute Gasteiger partial charge is 0.319 e. The second-order valence-electron chi connectivity index (χ2n) is 3.16. The molecule has 0 spiro atoms. The van der Waals surface area contributed by atoms with Crippen LogP contribution in [-0.2, 0) is 0 Å². The number of nitrogens with one attached hydrogen (secondary N) is 1. The van der Waals surface area contributed by atoms with Crippen LogP contribution >= 0.6 is 34.5 Å². The number of amides is 1. The molecular formula is C11H6Cl2FNOS. The first kappa shape index (κ1) is 12.4. The molecule has 1 amide bonds. The molecule has 17 heavy (non-hydrogen) atoms. The van der Waals surface area contributed by atoms with Gasteiger partial charge in [-0.15, -0.1) is 11.3 Å². The Labute approximate surface area is 111 Å². The third-order valence-electron chi connectivity index (χ3n) is 2.00. The molecule has 2 nitrogen and oxygen atoms in total. The molecular weight excluding hydrogens is 284 g/mol. The van der Waals surface area contributed by atoms with Gasteiger partial charge in [0.1, 0.15) is 0 Å². The van der Waals surface area contributed by atoms with Crippen LogP contribution in [0.25, 0.3) is 0 Å². The number of hydrogen-bond donors (Lipinski definition) is 1. The zero-order valence-electron chi connectivity index (χ0n) is 8.34. The normalized spacial score (nSPS) is 10.3. The van der Waals surface area contributed by atoms with E-state index in [0.29, 0.717) is 9.21 Å². The molecule has 0 saturated carbocycles. The Morgan fingerprint density at radius 2 is 2.00 bits per heavy atom. The highest BCUT2D eigenvalue weighted by atomic mass is 35.5. The third kappa shape index (κ3) is 2.77. The van der Waals surface area contributed by atoms with Gasteiger partial charge in [-0.25, -0.2) is 4.39 Å². The lowest BCUT2D eigenvalue weighted by molar-refractivity contribution is 0.103. The molecule has 0 radical (unpaired) electrons. The van der Waals surface area contributed by atoms with Crippen molar-refractivity contribution in [3.05, 3.63) is 50.4 Å². The van der Waals surface area contributed by atoms with Gasteiger partial charge in [-0.3, -0.25) is 4.79 Å².